The maximum absolute atomic E-state index is 12.4. The molecule has 2 heterocycles. The van der Waals surface area contributed by atoms with E-state index in [2.05, 4.69) is 24.5 Å². The van der Waals surface area contributed by atoms with Crippen molar-refractivity contribution in [1.82, 2.24) is 5.32 Å². The molecule has 3 amide bonds. The molecule has 0 spiro atoms. The second-order valence-electron chi connectivity index (χ2n) is 7.46. The van der Waals surface area contributed by atoms with Crippen LogP contribution in [0.5, 0.6) is 0 Å². The maximum atomic E-state index is 12.4. The Kier molecular flexibility index (Phi) is 3.83. The lowest BCUT2D eigenvalue weighted by atomic mass is 9.57. The molecule has 3 atom stereocenters. The van der Waals surface area contributed by atoms with Gasteiger partial charge in [-0.3, -0.25) is 4.90 Å². The highest BCUT2D eigenvalue weighted by molar-refractivity contribution is 5.93. The van der Waals surface area contributed by atoms with Crippen molar-refractivity contribution in [1.29, 1.82) is 0 Å². The van der Waals surface area contributed by atoms with Crippen LogP contribution >= 0.6 is 0 Å². The third-order valence-corrected chi connectivity index (χ3v) is 5.56. The summed E-state index contributed by atoms with van der Waals surface area (Å²) in [6.07, 6.45) is 0.874. The molecule has 25 heavy (non-hydrogen) atoms. The number of urea groups is 1. The lowest BCUT2D eigenvalue weighted by Crippen LogP contribution is -2.67. The van der Waals surface area contributed by atoms with Crippen LogP contribution < -0.4 is 15.5 Å². The van der Waals surface area contributed by atoms with Crippen LogP contribution in [0.3, 0.4) is 0 Å². The lowest BCUT2D eigenvalue weighted by molar-refractivity contribution is -0.107. The summed E-state index contributed by atoms with van der Waals surface area (Å²) in [5.74, 6) is 0.395. The molecule has 0 aromatic heterocycles. The Bertz CT molecular complexity index is 705. The molecule has 3 fully saturated rings. The zero-order valence-corrected chi connectivity index (χ0v) is 14.5. The van der Waals surface area contributed by atoms with Crippen LogP contribution in [0.1, 0.15) is 20.3 Å². The average molecular weight is 345 g/mol. The molecule has 2 N–H and O–H groups in total. The van der Waals surface area contributed by atoms with Gasteiger partial charge in [-0.15, -0.1) is 0 Å². The van der Waals surface area contributed by atoms with Crippen molar-refractivity contribution < 1.29 is 19.1 Å². The largest absolute Gasteiger partial charge is 0.447 e. The summed E-state index contributed by atoms with van der Waals surface area (Å²) in [4.78, 5) is 25.6. The molecule has 1 aromatic rings. The van der Waals surface area contributed by atoms with Crippen LogP contribution in [0.15, 0.2) is 24.3 Å². The van der Waals surface area contributed by atoms with Crippen molar-refractivity contribution in [3.63, 3.8) is 0 Å². The normalized spacial score (nSPS) is 29.6. The number of hydrogen-bond donors (Lipinski definition) is 2. The Morgan fingerprint density at radius 1 is 1.32 bits per heavy atom. The first-order chi connectivity index (χ1) is 12.0. The van der Waals surface area contributed by atoms with Gasteiger partial charge in [-0.2, -0.15) is 0 Å². The number of amides is 3. The maximum Gasteiger partial charge on any atom is 0.414 e. The van der Waals surface area contributed by atoms with E-state index in [1.807, 2.05) is 12.1 Å². The first-order valence-electron chi connectivity index (χ1n) is 8.70. The minimum atomic E-state index is -0.356. The third kappa shape index (κ3) is 2.72. The molecule has 1 aliphatic carbocycles. The first kappa shape index (κ1) is 16.2. The number of anilines is 2. The fraction of sp³-hybridized carbons (Fsp3) is 0.556. The Morgan fingerprint density at radius 3 is 2.92 bits per heavy atom. The molecule has 3 aliphatic rings. The summed E-state index contributed by atoms with van der Waals surface area (Å²) in [6.45, 7) is 5.94. The molecular formula is C18H23N3O4. The molecule has 1 saturated carbocycles. The molecular weight excluding hydrogens is 322 g/mol. The molecule has 7 heteroatoms. The summed E-state index contributed by atoms with van der Waals surface area (Å²) in [5.41, 5.74) is 1.30. The molecule has 3 unspecified atom stereocenters. The van der Waals surface area contributed by atoms with E-state index in [9.17, 15) is 9.59 Å². The number of cyclic esters (lactones) is 1. The topological polar surface area (TPSA) is 79.9 Å². The highest BCUT2D eigenvalue weighted by atomic mass is 16.6. The van der Waals surface area contributed by atoms with E-state index in [-0.39, 0.29) is 29.7 Å². The van der Waals surface area contributed by atoms with Gasteiger partial charge in [0.15, 0.2) is 0 Å². The molecule has 0 radical (unpaired) electrons. The minimum absolute atomic E-state index is 0.0559. The van der Waals surface area contributed by atoms with Gasteiger partial charge in [0.05, 0.1) is 12.6 Å². The van der Waals surface area contributed by atoms with Gasteiger partial charge in [0.1, 0.15) is 6.61 Å². The predicted octanol–water partition coefficient (Wildman–Crippen LogP) is 2.58. The van der Waals surface area contributed by atoms with E-state index < -0.39 is 0 Å². The Balaban J connectivity index is 1.40. The SMILES string of the molecule is CC1(C)C(NC(=O)Nc2cccc(N3CCOC3=O)c2)C2CCOC21. The highest BCUT2D eigenvalue weighted by Gasteiger charge is 2.59. The summed E-state index contributed by atoms with van der Waals surface area (Å²) in [5, 5.41) is 5.96. The van der Waals surface area contributed by atoms with Gasteiger partial charge in [-0.25, -0.2) is 9.59 Å². The zero-order chi connectivity index (χ0) is 17.6. The van der Waals surface area contributed by atoms with Crippen molar-refractivity contribution in [2.24, 2.45) is 11.3 Å². The molecule has 7 nitrogen and oxygen atoms in total. The lowest BCUT2D eigenvalue weighted by Gasteiger charge is -2.54. The van der Waals surface area contributed by atoms with E-state index in [0.717, 1.165) is 13.0 Å². The van der Waals surface area contributed by atoms with Crippen LogP contribution in [0.4, 0.5) is 21.0 Å². The standard InChI is InChI=1S/C18H23N3O4/c1-18(2)14(13-6-8-24-15(13)18)20-16(22)19-11-4-3-5-12(10-11)21-7-9-25-17(21)23/h3-5,10,13-15H,6-9H2,1-2H3,(H2,19,20,22). The number of carbonyl (C=O) groups is 2. The van der Waals surface area contributed by atoms with Crippen LogP contribution in [0, 0.1) is 11.3 Å². The van der Waals surface area contributed by atoms with Crippen LogP contribution in [0.25, 0.3) is 0 Å². The monoisotopic (exact) mass is 345 g/mol. The van der Waals surface area contributed by atoms with Crippen molar-refractivity contribution in [2.75, 3.05) is 30.0 Å². The number of ether oxygens (including phenoxy) is 2. The molecule has 134 valence electrons. The Labute approximate surface area is 146 Å². The van der Waals surface area contributed by atoms with Crippen molar-refractivity contribution >= 4 is 23.5 Å². The smallest absolute Gasteiger partial charge is 0.414 e. The number of nitrogens with zero attached hydrogens (tertiary/aromatic N) is 1. The molecule has 4 rings (SSSR count). The van der Waals surface area contributed by atoms with E-state index in [0.29, 0.717) is 30.4 Å². The number of rotatable bonds is 3. The van der Waals surface area contributed by atoms with Crippen LogP contribution in [-0.4, -0.2) is 44.0 Å². The average Bonchev–Trinajstić information content (AvgIpc) is 3.20. The van der Waals surface area contributed by atoms with Gasteiger partial charge in [0, 0.05) is 35.4 Å². The predicted molar refractivity (Wildman–Crippen MR) is 92.7 cm³/mol. The number of benzene rings is 1. The second kappa shape index (κ2) is 5.91. The minimum Gasteiger partial charge on any atom is -0.447 e. The van der Waals surface area contributed by atoms with Crippen molar-refractivity contribution in [3.8, 4) is 0 Å². The molecule has 1 aromatic carbocycles. The van der Waals surface area contributed by atoms with Gasteiger partial charge in [0.25, 0.3) is 0 Å². The number of carbonyl (C=O) groups excluding carboxylic acids is 2. The summed E-state index contributed by atoms with van der Waals surface area (Å²) in [6, 6.07) is 7.09. The van der Waals surface area contributed by atoms with E-state index in [1.165, 1.54) is 0 Å². The fourth-order valence-corrected chi connectivity index (χ4v) is 4.31. The van der Waals surface area contributed by atoms with Crippen LogP contribution in [-0.2, 0) is 9.47 Å². The van der Waals surface area contributed by atoms with E-state index in [4.69, 9.17) is 9.47 Å². The first-order valence-corrected chi connectivity index (χ1v) is 8.70. The number of fused-ring (bicyclic) bond motifs is 1. The number of nitrogens with one attached hydrogen (secondary N) is 2. The van der Waals surface area contributed by atoms with Gasteiger partial charge >= 0.3 is 12.1 Å². The highest BCUT2D eigenvalue weighted by Crippen LogP contribution is 2.52. The number of hydrogen-bond acceptors (Lipinski definition) is 4. The summed E-state index contributed by atoms with van der Waals surface area (Å²) < 4.78 is 10.7. The van der Waals surface area contributed by atoms with Gasteiger partial charge < -0.3 is 20.1 Å². The molecule has 2 saturated heterocycles. The van der Waals surface area contributed by atoms with E-state index >= 15 is 0 Å². The van der Waals surface area contributed by atoms with Crippen molar-refractivity contribution in [2.45, 2.75) is 32.4 Å². The van der Waals surface area contributed by atoms with Gasteiger partial charge in [0.2, 0.25) is 0 Å². The zero-order valence-electron chi connectivity index (χ0n) is 14.5. The second-order valence-corrected chi connectivity index (χ2v) is 7.46. The quantitative estimate of drug-likeness (QED) is 0.882. The van der Waals surface area contributed by atoms with Crippen LogP contribution in [0.2, 0.25) is 0 Å². The fourth-order valence-electron chi connectivity index (χ4n) is 4.31. The van der Waals surface area contributed by atoms with Gasteiger partial charge in [-0.05, 0) is 24.6 Å². The molecule has 0 bridgehead atoms. The Hall–Kier alpha value is -2.28. The van der Waals surface area contributed by atoms with Crippen molar-refractivity contribution in [3.05, 3.63) is 24.3 Å². The molecule has 2 aliphatic heterocycles. The van der Waals surface area contributed by atoms with E-state index in [1.54, 1.807) is 17.0 Å². The third-order valence-electron chi connectivity index (χ3n) is 5.56. The Morgan fingerprint density at radius 2 is 2.16 bits per heavy atom. The summed E-state index contributed by atoms with van der Waals surface area (Å²) >= 11 is 0. The summed E-state index contributed by atoms with van der Waals surface area (Å²) in [7, 11) is 0. The van der Waals surface area contributed by atoms with Gasteiger partial charge in [-0.1, -0.05) is 19.9 Å².